The third-order valence-electron chi connectivity index (χ3n) is 5.44. The van der Waals surface area contributed by atoms with Gasteiger partial charge >= 0.3 is 0 Å². The van der Waals surface area contributed by atoms with Gasteiger partial charge in [-0.2, -0.15) is 0 Å². The Labute approximate surface area is 188 Å². The summed E-state index contributed by atoms with van der Waals surface area (Å²) in [5.41, 5.74) is 13.0. The van der Waals surface area contributed by atoms with Gasteiger partial charge in [0.15, 0.2) is 0 Å². The highest BCUT2D eigenvalue weighted by Gasteiger charge is 2.15. The molecule has 0 amide bonds. The Kier molecular flexibility index (Phi) is 6.83. The fraction of sp³-hybridized carbons (Fsp3) is 0.107. The lowest BCUT2D eigenvalue weighted by Crippen LogP contribution is -2.03. The van der Waals surface area contributed by atoms with Crippen LogP contribution in [0.25, 0.3) is 5.57 Å². The molecule has 3 N–H and O–H groups in total. The van der Waals surface area contributed by atoms with Crippen molar-refractivity contribution in [2.45, 2.75) is 13.0 Å². The molecule has 0 aromatic heterocycles. The summed E-state index contributed by atoms with van der Waals surface area (Å²) in [6.45, 7) is 1.26. The minimum atomic E-state index is 0.533. The molecule has 1 aliphatic rings. The summed E-state index contributed by atoms with van der Waals surface area (Å²) < 4.78 is 6.13. The van der Waals surface area contributed by atoms with Crippen molar-refractivity contribution in [3.63, 3.8) is 0 Å². The van der Waals surface area contributed by atoms with Crippen molar-refractivity contribution in [2.75, 3.05) is 6.54 Å². The normalized spacial score (nSPS) is 14.7. The number of carbonyl (C=O) groups excluding carboxylic acids is 1. The maximum atomic E-state index is 11.1. The Morgan fingerprint density at radius 2 is 1.81 bits per heavy atom. The van der Waals surface area contributed by atoms with E-state index in [1.165, 1.54) is 5.57 Å². The van der Waals surface area contributed by atoms with E-state index in [0.29, 0.717) is 12.2 Å². The van der Waals surface area contributed by atoms with Crippen LogP contribution in [0.4, 0.5) is 0 Å². The van der Waals surface area contributed by atoms with Gasteiger partial charge in [0.1, 0.15) is 18.6 Å². The van der Waals surface area contributed by atoms with E-state index < -0.39 is 0 Å². The molecule has 32 heavy (non-hydrogen) atoms. The van der Waals surface area contributed by atoms with Crippen LogP contribution in [-0.4, -0.2) is 12.8 Å². The molecule has 0 bridgehead atoms. The van der Waals surface area contributed by atoms with E-state index in [4.69, 9.17) is 10.5 Å². The summed E-state index contributed by atoms with van der Waals surface area (Å²) in [5, 5.41) is 3.33. The number of allylic oxidation sites excluding steroid dienone is 2. The number of aldehydes is 1. The first-order valence-corrected chi connectivity index (χ1v) is 10.6. The van der Waals surface area contributed by atoms with Crippen molar-refractivity contribution in [2.24, 2.45) is 5.73 Å². The molecule has 0 saturated carbocycles. The number of hydrogen-bond donors (Lipinski definition) is 2. The average molecular weight is 423 g/mol. The van der Waals surface area contributed by atoms with E-state index in [-0.39, 0.29) is 0 Å². The second-order valence-corrected chi connectivity index (χ2v) is 7.64. The van der Waals surface area contributed by atoms with E-state index >= 15 is 0 Å². The molecule has 0 spiro atoms. The summed E-state index contributed by atoms with van der Waals surface area (Å²) in [4.78, 5) is 11.1. The lowest BCUT2D eigenvalue weighted by atomic mass is 9.96. The molecule has 4 heteroatoms. The number of carbonyl (C=O) groups is 1. The first-order valence-electron chi connectivity index (χ1n) is 10.6. The topological polar surface area (TPSA) is 64.3 Å². The smallest absolute Gasteiger partial charge is 0.150 e. The first kappa shape index (κ1) is 21.2. The number of para-hydroxylation sites is 1. The van der Waals surface area contributed by atoms with E-state index in [0.717, 1.165) is 52.8 Å². The molecule has 0 atom stereocenters. The Morgan fingerprint density at radius 1 is 1.00 bits per heavy atom. The predicted octanol–water partition coefficient (Wildman–Crippen LogP) is 5.03. The summed E-state index contributed by atoms with van der Waals surface area (Å²) >= 11 is 0. The third-order valence-corrected chi connectivity index (χ3v) is 5.44. The Hall–Kier alpha value is -4.05. The van der Waals surface area contributed by atoms with Gasteiger partial charge in [0.2, 0.25) is 0 Å². The van der Waals surface area contributed by atoms with Crippen LogP contribution in [0.3, 0.4) is 0 Å². The number of benzene rings is 3. The third kappa shape index (κ3) is 5.16. The van der Waals surface area contributed by atoms with E-state index in [2.05, 4.69) is 35.8 Å². The maximum Gasteiger partial charge on any atom is 0.150 e. The molecule has 4 rings (SSSR count). The highest BCUT2D eigenvalue weighted by Crippen LogP contribution is 2.28. The lowest BCUT2D eigenvalue weighted by molar-refractivity contribution is 0.112. The quantitative estimate of drug-likeness (QED) is 0.500. The van der Waals surface area contributed by atoms with Gasteiger partial charge in [-0.1, -0.05) is 66.7 Å². The zero-order valence-corrected chi connectivity index (χ0v) is 17.8. The fourth-order valence-electron chi connectivity index (χ4n) is 3.74. The Bertz CT molecular complexity index is 1180. The highest BCUT2D eigenvalue weighted by molar-refractivity contribution is 5.81. The van der Waals surface area contributed by atoms with Crippen LogP contribution in [0.15, 0.2) is 108 Å². The van der Waals surface area contributed by atoms with E-state index in [1.54, 1.807) is 12.3 Å². The van der Waals surface area contributed by atoms with Crippen molar-refractivity contribution in [1.29, 1.82) is 0 Å². The van der Waals surface area contributed by atoms with E-state index in [1.807, 2.05) is 54.6 Å². The number of nitrogens with one attached hydrogen (secondary N) is 1. The van der Waals surface area contributed by atoms with Crippen LogP contribution in [0.5, 0.6) is 5.75 Å². The van der Waals surface area contributed by atoms with Crippen molar-refractivity contribution in [3.05, 3.63) is 131 Å². The van der Waals surface area contributed by atoms with Crippen LogP contribution in [0.2, 0.25) is 0 Å². The van der Waals surface area contributed by atoms with Crippen LogP contribution in [0.1, 0.15) is 27.0 Å². The lowest BCUT2D eigenvalue weighted by Gasteiger charge is -2.13. The molecule has 1 heterocycles. The zero-order chi connectivity index (χ0) is 22.2. The van der Waals surface area contributed by atoms with Crippen LogP contribution in [-0.2, 0) is 13.0 Å². The fourth-order valence-corrected chi connectivity index (χ4v) is 3.74. The molecular weight excluding hydrogens is 396 g/mol. The Balaban J connectivity index is 1.52. The number of nitrogens with two attached hydrogens (primary N) is 1. The van der Waals surface area contributed by atoms with Crippen molar-refractivity contribution < 1.29 is 9.53 Å². The second kappa shape index (κ2) is 10.3. The molecule has 4 nitrogen and oxygen atoms in total. The van der Waals surface area contributed by atoms with Crippen LogP contribution < -0.4 is 15.8 Å². The monoisotopic (exact) mass is 422 g/mol. The standard InChI is InChI=1S/C28H26N2O2/c29-16-25(23-11-6-9-22(13-23)19-31)15-27-18-30-17-26(27)14-24-10-4-5-12-28(24)32-20-21-7-2-1-3-8-21/h1-13,15-17,19,30H,14,18,20,29H2/b25-16+,27-15+. The summed E-state index contributed by atoms with van der Waals surface area (Å²) in [5.74, 6) is 0.886. The number of rotatable bonds is 8. The second-order valence-electron chi connectivity index (χ2n) is 7.64. The van der Waals surface area contributed by atoms with Gasteiger partial charge in [-0.05, 0) is 51.6 Å². The summed E-state index contributed by atoms with van der Waals surface area (Å²) in [6, 6.07) is 25.8. The van der Waals surface area contributed by atoms with E-state index in [9.17, 15) is 4.79 Å². The minimum Gasteiger partial charge on any atom is -0.489 e. The Morgan fingerprint density at radius 3 is 2.62 bits per heavy atom. The van der Waals surface area contributed by atoms with Crippen LogP contribution in [0, 0.1) is 0 Å². The van der Waals surface area contributed by atoms with Gasteiger partial charge in [0.05, 0.1) is 0 Å². The molecule has 0 unspecified atom stereocenters. The number of hydrogen-bond acceptors (Lipinski definition) is 4. The van der Waals surface area contributed by atoms with Gasteiger partial charge in [-0.15, -0.1) is 0 Å². The zero-order valence-electron chi connectivity index (χ0n) is 17.8. The first-order chi connectivity index (χ1) is 15.8. The van der Waals surface area contributed by atoms with Gasteiger partial charge < -0.3 is 15.8 Å². The predicted molar refractivity (Wildman–Crippen MR) is 129 cm³/mol. The maximum absolute atomic E-state index is 11.1. The van der Waals surface area contributed by atoms with Crippen molar-refractivity contribution >= 4 is 11.9 Å². The van der Waals surface area contributed by atoms with Gasteiger partial charge in [-0.25, -0.2) is 0 Å². The molecule has 3 aromatic carbocycles. The van der Waals surface area contributed by atoms with Gasteiger partial charge in [-0.3, -0.25) is 4.79 Å². The molecule has 160 valence electrons. The largest absolute Gasteiger partial charge is 0.489 e. The summed E-state index contributed by atoms with van der Waals surface area (Å²) in [6.07, 6.45) is 7.32. The average Bonchev–Trinajstić information content (AvgIpc) is 3.29. The minimum absolute atomic E-state index is 0.533. The summed E-state index contributed by atoms with van der Waals surface area (Å²) in [7, 11) is 0. The highest BCUT2D eigenvalue weighted by atomic mass is 16.5. The number of ether oxygens (including phenoxy) is 1. The molecule has 0 saturated heterocycles. The van der Waals surface area contributed by atoms with Crippen molar-refractivity contribution in [1.82, 2.24) is 5.32 Å². The molecule has 0 aliphatic carbocycles. The molecule has 1 aliphatic heterocycles. The molecule has 0 fully saturated rings. The molecular formula is C28H26N2O2. The molecule has 3 aromatic rings. The molecule has 0 radical (unpaired) electrons. The van der Waals surface area contributed by atoms with Crippen LogP contribution >= 0.6 is 0 Å². The van der Waals surface area contributed by atoms with Crippen molar-refractivity contribution in [3.8, 4) is 5.75 Å². The van der Waals surface area contributed by atoms with Gasteiger partial charge in [0.25, 0.3) is 0 Å². The SMILES string of the molecule is N/C=C(\C=C1/CNC=C1Cc1ccccc1OCc1ccccc1)c1cccc(C=O)c1. The van der Waals surface area contributed by atoms with Gasteiger partial charge in [0, 0.05) is 30.9 Å².